The number of benzene rings is 1. The minimum Gasteiger partial charge on any atom is -0.344 e. The van der Waals surface area contributed by atoms with Gasteiger partial charge in [0.1, 0.15) is 5.03 Å². The minimum absolute atomic E-state index is 0. The predicted octanol–water partition coefficient (Wildman–Crippen LogP) is 3.81. The van der Waals surface area contributed by atoms with Gasteiger partial charge in [-0.3, -0.25) is 4.79 Å². The summed E-state index contributed by atoms with van der Waals surface area (Å²) >= 11 is 7.53. The van der Waals surface area contributed by atoms with Gasteiger partial charge in [-0.15, -0.1) is 22.6 Å². The molecule has 0 bridgehead atoms. The van der Waals surface area contributed by atoms with E-state index >= 15 is 0 Å². The fourth-order valence-electron chi connectivity index (χ4n) is 1.89. The van der Waals surface area contributed by atoms with E-state index in [4.69, 9.17) is 17.3 Å². The molecule has 0 saturated carbocycles. The maximum atomic E-state index is 12.4. The first kappa shape index (κ1) is 21.7. The first-order chi connectivity index (χ1) is 11.4. The molecule has 0 aliphatic rings. The van der Waals surface area contributed by atoms with Gasteiger partial charge in [0, 0.05) is 11.4 Å². The highest BCUT2D eigenvalue weighted by molar-refractivity contribution is 7.99. The highest BCUT2D eigenvalue weighted by Crippen LogP contribution is 2.31. The number of rotatable bonds is 6. The van der Waals surface area contributed by atoms with Crippen molar-refractivity contribution in [2.24, 2.45) is 11.7 Å². The average Bonchev–Trinajstić information content (AvgIpc) is 2.57. The molecule has 3 N–H and O–H groups in total. The van der Waals surface area contributed by atoms with Crippen molar-refractivity contribution in [1.82, 2.24) is 15.5 Å². The van der Waals surface area contributed by atoms with Crippen LogP contribution in [-0.4, -0.2) is 28.2 Å². The van der Waals surface area contributed by atoms with Crippen molar-refractivity contribution in [1.29, 1.82) is 0 Å². The van der Waals surface area contributed by atoms with E-state index in [0.29, 0.717) is 16.6 Å². The van der Waals surface area contributed by atoms with Gasteiger partial charge >= 0.3 is 0 Å². The number of nitrogens with zero attached hydrogens (tertiary/aromatic N) is 2. The Kier molecular flexibility index (Phi) is 8.15. The highest BCUT2D eigenvalue weighted by atomic mass is 35.5. The molecule has 1 unspecified atom stereocenters. The van der Waals surface area contributed by atoms with Gasteiger partial charge in [0.05, 0.1) is 10.6 Å². The molecule has 1 heterocycles. The van der Waals surface area contributed by atoms with Crippen molar-refractivity contribution in [2.75, 3.05) is 6.54 Å². The molecule has 5 nitrogen and oxygen atoms in total. The number of nitrogens with one attached hydrogen (secondary N) is 1. The smallest absolute Gasteiger partial charge is 0.272 e. The van der Waals surface area contributed by atoms with E-state index in [1.807, 2.05) is 45.0 Å². The Bertz CT molecular complexity index is 712. The quantitative estimate of drug-likeness (QED) is 0.770. The summed E-state index contributed by atoms with van der Waals surface area (Å²) in [5.41, 5.74) is 5.57. The molecule has 0 aliphatic carbocycles. The second kappa shape index (κ2) is 9.38. The summed E-state index contributed by atoms with van der Waals surface area (Å²) in [5, 5.41) is 12.4. The van der Waals surface area contributed by atoms with Gasteiger partial charge in [0.2, 0.25) is 0 Å². The van der Waals surface area contributed by atoms with Crippen molar-refractivity contribution in [3.8, 4) is 0 Å². The van der Waals surface area contributed by atoms with Crippen LogP contribution in [0.1, 0.15) is 31.3 Å². The van der Waals surface area contributed by atoms with Crippen molar-refractivity contribution >= 4 is 41.7 Å². The molecule has 1 amide bonds. The largest absolute Gasteiger partial charge is 0.344 e. The van der Waals surface area contributed by atoms with E-state index in [9.17, 15) is 4.79 Å². The van der Waals surface area contributed by atoms with Gasteiger partial charge in [-0.2, -0.15) is 0 Å². The molecule has 1 aromatic heterocycles. The van der Waals surface area contributed by atoms with E-state index in [-0.39, 0.29) is 29.9 Å². The van der Waals surface area contributed by atoms with Gasteiger partial charge in [0.25, 0.3) is 5.91 Å². The van der Waals surface area contributed by atoms with E-state index < -0.39 is 5.54 Å². The molecule has 0 saturated heterocycles. The van der Waals surface area contributed by atoms with E-state index in [1.54, 1.807) is 12.1 Å². The third-order valence-electron chi connectivity index (χ3n) is 4.02. The number of hydrogen-bond donors (Lipinski definition) is 2. The van der Waals surface area contributed by atoms with Gasteiger partial charge in [-0.25, -0.2) is 0 Å². The van der Waals surface area contributed by atoms with Crippen LogP contribution in [0.2, 0.25) is 5.02 Å². The van der Waals surface area contributed by atoms with E-state index in [0.717, 1.165) is 4.90 Å². The van der Waals surface area contributed by atoms with Crippen LogP contribution in [0.5, 0.6) is 0 Å². The second-order valence-electron chi connectivity index (χ2n) is 6.02. The van der Waals surface area contributed by atoms with Crippen molar-refractivity contribution in [2.45, 2.75) is 36.2 Å². The molecule has 1 atom stereocenters. The van der Waals surface area contributed by atoms with Crippen LogP contribution in [0.15, 0.2) is 46.3 Å². The summed E-state index contributed by atoms with van der Waals surface area (Å²) in [6.45, 7) is 6.30. The topological polar surface area (TPSA) is 80.9 Å². The number of halogens is 2. The summed E-state index contributed by atoms with van der Waals surface area (Å²) in [6, 6.07) is 10.9. The second-order valence-corrected chi connectivity index (χ2v) is 7.49. The van der Waals surface area contributed by atoms with Gasteiger partial charge in [-0.05, 0) is 37.1 Å². The lowest BCUT2D eigenvalue weighted by Gasteiger charge is -2.33. The molecular formula is C17H22Cl2N4OS. The summed E-state index contributed by atoms with van der Waals surface area (Å²) < 4.78 is 0. The molecule has 0 spiro atoms. The van der Waals surface area contributed by atoms with E-state index in [1.165, 1.54) is 11.8 Å². The van der Waals surface area contributed by atoms with Gasteiger partial charge in [-0.1, -0.05) is 49.3 Å². The molecular weight excluding hydrogens is 379 g/mol. The fourth-order valence-corrected chi connectivity index (χ4v) is 2.90. The van der Waals surface area contributed by atoms with Gasteiger partial charge < -0.3 is 11.1 Å². The normalized spacial score (nSPS) is 13.0. The summed E-state index contributed by atoms with van der Waals surface area (Å²) in [5.74, 6) is -0.0760. The number of carbonyl (C=O) groups is 1. The summed E-state index contributed by atoms with van der Waals surface area (Å²) in [7, 11) is 0. The molecule has 1 aromatic carbocycles. The Morgan fingerprint density at radius 2 is 1.96 bits per heavy atom. The molecule has 25 heavy (non-hydrogen) atoms. The monoisotopic (exact) mass is 400 g/mol. The number of amides is 1. The first-order valence-electron chi connectivity index (χ1n) is 7.64. The zero-order valence-electron chi connectivity index (χ0n) is 14.3. The summed E-state index contributed by atoms with van der Waals surface area (Å²) in [4.78, 5) is 13.2. The Balaban J connectivity index is 0.00000312. The maximum Gasteiger partial charge on any atom is 0.272 e. The Morgan fingerprint density at radius 1 is 1.28 bits per heavy atom. The number of carbonyl (C=O) groups excluding carboxylic acids is 1. The van der Waals surface area contributed by atoms with Crippen LogP contribution in [0.4, 0.5) is 0 Å². The Labute approximate surface area is 163 Å². The Morgan fingerprint density at radius 3 is 2.48 bits per heavy atom. The zero-order valence-corrected chi connectivity index (χ0v) is 16.7. The lowest BCUT2D eigenvalue weighted by Crippen LogP contribution is -2.55. The minimum atomic E-state index is -0.482. The van der Waals surface area contributed by atoms with E-state index in [2.05, 4.69) is 15.5 Å². The molecule has 2 rings (SSSR count). The van der Waals surface area contributed by atoms with Crippen LogP contribution >= 0.6 is 35.8 Å². The number of aromatic nitrogens is 2. The van der Waals surface area contributed by atoms with Crippen LogP contribution in [0, 0.1) is 5.92 Å². The molecule has 0 radical (unpaired) electrons. The first-order valence-corrected chi connectivity index (χ1v) is 8.84. The maximum absolute atomic E-state index is 12.4. The van der Waals surface area contributed by atoms with Crippen molar-refractivity contribution in [3.05, 3.63) is 47.1 Å². The zero-order chi connectivity index (χ0) is 17.7. The molecule has 2 aromatic rings. The number of nitrogens with two attached hydrogens (primary N) is 1. The Hall–Kier alpha value is -1.34. The van der Waals surface area contributed by atoms with Crippen LogP contribution < -0.4 is 11.1 Å². The van der Waals surface area contributed by atoms with Crippen molar-refractivity contribution in [3.63, 3.8) is 0 Å². The predicted molar refractivity (Wildman–Crippen MR) is 105 cm³/mol. The molecule has 0 fully saturated rings. The molecule has 0 aliphatic heterocycles. The van der Waals surface area contributed by atoms with Crippen molar-refractivity contribution < 1.29 is 4.79 Å². The van der Waals surface area contributed by atoms with Crippen LogP contribution in [0.25, 0.3) is 0 Å². The standard InChI is InChI=1S/C17H21ClN4OS.ClH/c1-11(2)17(3,10-19)20-16(23)13-8-9-15(22-21-13)24-14-7-5-4-6-12(14)18;/h4-9,11H,10,19H2,1-3H3,(H,20,23);1H. The van der Waals surface area contributed by atoms with Crippen LogP contribution in [0.3, 0.4) is 0 Å². The number of hydrogen-bond acceptors (Lipinski definition) is 5. The molecule has 8 heteroatoms. The highest BCUT2D eigenvalue weighted by Gasteiger charge is 2.29. The lowest BCUT2D eigenvalue weighted by atomic mass is 9.88. The SMILES string of the molecule is CC(C)C(C)(CN)NC(=O)c1ccc(Sc2ccccc2Cl)nn1.Cl. The third kappa shape index (κ3) is 5.57. The lowest BCUT2D eigenvalue weighted by molar-refractivity contribution is 0.0876. The fraction of sp³-hybridized carbons (Fsp3) is 0.353. The summed E-state index contributed by atoms with van der Waals surface area (Å²) in [6.07, 6.45) is 0. The van der Waals surface area contributed by atoms with Crippen LogP contribution in [-0.2, 0) is 0 Å². The van der Waals surface area contributed by atoms with Gasteiger partial charge in [0.15, 0.2) is 5.69 Å². The average molecular weight is 401 g/mol. The molecule has 136 valence electrons. The third-order valence-corrected chi connectivity index (χ3v) is 5.47.